The van der Waals surface area contributed by atoms with E-state index in [1.165, 1.54) is 6.42 Å². The molecule has 2 atom stereocenters. The van der Waals surface area contributed by atoms with Crippen LogP contribution in [0.2, 0.25) is 0 Å². The number of rotatable bonds is 2. The fourth-order valence-corrected chi connectivity index (χ4v) is 1.82. The average molecular weight is 193 g/mol. The molecule has 0 amide bonds. The topological polar surface area (TPSA) is 26.0 Å². The molecule has 1 rings (SSSR count). The second-order valence-corrected chi connectivity index (χ2v) is 6.22. The predicted molar refractivity (Wildman–Crippen MR) is 61.7 cm³/mol. The lowest BCUT2D eigenvalue weighted by molar-refractivity contribution is 0.483. The summed E-state index contributed by atoms with van der Waals surface area (Å²) in [6.07, 6.45) is 2.12. The molecule has 0 aromatic rings. The van der Waals surface area contributed by atoms with Gasteiger partial charge in [0.1, 0.15) is 0 Å². The Bertz CT molecular complexity index is 259. The van der Waals surface area contributed by atoms with Crippen molar-refractivity contribution < 1.29 is 0 Å². The highest BCUT2D eigenvalue weighted by atomic mass is 14.7. The highest BCUT2D eigenvalue weighted by Gasteiger charge is 2.48. The Kier molecular flexibility index (Phi) is 2.97. The zero-order valence-electron chi connectivity index (χ0n) is 10.1. The quantitative estimate of drug-likeness (QED) is 0.670. The van der Waals surface area contributed by atoms with Crippen molar-refractivity contribution in [1.29, 1.82) is 0 Å². The maximum absolute atomic E-state index is 6.08. The predicted octanol–water partition coefficient (Wildman–Crippen LogP) is 2.80. The molecule has 1 fully saturated rings. The van der Waals surface area contributed by atoms with E-state index in [1.54, 1.807) is 0 Å². The van der Waals surface area contributed by atoms with Crippen LogP contribution in [0.4, 0.5) is 0 Å². The highest BCUT2D eigenvalue weighted by molar-refractivity contribution is 5.11. The van der Waals surface area contributed by atoms with Gasteiger partial charge < -0.3 is 5.73 Å². The van der Waals surface area contributed by atoms with Crippen LogP contribution in [-0.4, -0.2) is 6.04 Å². The molecular weight excluding hydrogens is 170 g/mol. The lowest BCUT2D eigenvalue weighted by Gasteiger charge is -2.11. The van der Waals surface area contributed by atoms with E-state index in [0.29, 0.717) is 11.3 Å². The third-order valence-electron chi connectivity index (χ3n) is 2.91. The molecular formula is C13H23N. The van der Waals surface area contributed by atoms with Crippen LogP contribution in [0.5, 0.6) is 0 Å². The Balaban J connectivity index is 2.35. The molecule has 0 spiro atoms. The molecule has 2 unspecified atom stereocenters. The summed E-state index contributed by atoms with van der Waals surface area (Å²) in [6, 6.07) is 0.278. The SMILES string of the molecule is CC(C)(C)C#CCC(N)C1CC1(C)C. The van der Waals surface area contributed by atoms with Gasteiger partial charge in [-0.3, -0.25) is 0 Å². The molecule has 0 aromatic heterocycles. The Morgan fingerprint density at radius 3 is 2.29 bits per heavy atom. The summed E-state index contributed by atoms with van der Waals surface area (Å²) in [5.41, 5.74) is 6.67. The van der Waals surface area contributed by atoms with Gasteiger partial charge in [0.15, 0.2) is 0 Å². The maximum Gasteiger partial charge on any atom is 0.0244 e. The van der Waals surface area contributed by atoms with Crippen LogP contribution in [0, 0.1) is 28.6 Å². The molecule has 80 valence electrons. The van der Waals surface area contributed by atoms with E-state index in [9.17, 15) is 0 Å². The monoisotopic (exact) mass is 193 g/mol. The average Bonchev–Trinajstić information content (AvgIpc) is 2.57. The molecule has 1 saturated carbocycles. The smallest absolute Gasteiger partial charge is 0.0244 e. The molecule has 1 aliphatic carbocycles. The van der Waals surface area contributed by atoms with Gasteiger partial charge in [-0.1, -0.05) is 19.8 Å². The maximum atomic E-state index is 6.08. The molecule has 0 radical (unpaired) electrons. The molecule has 0 saturated heterocycles. The van der Waals surface area contributed by atoms with E-state index in [2.05, 4.69) is 46.5 Å². The fourth-order valence-electron chi connectivity index (χ4n) is 1.82. The third-order valence-corrected chi connectivity index (χ3v) is 2.91. The van der Waals surface area contributed by atoms with Crippen molar-refractivity contribution in [2.75, 3.05) is 0 Å². The lowest BCUT2D eigenvalue weighted by Crippen LogP contribution is -2.24. The Hall–Kier alpha value is -0.480. The first-order valence-corrected chi connectivity index (χ1v) is 5.48. The van der Waals surface area contributed by atoms with Crippen LogP contribution in [0.3, 0.4) is 0 Å². The van der Waals surface area contributed by atoms with Crippen molar-refractivity contribution in [2.24, 2.45) is 22.5 Å². The van der Waals surface area contributed by atoms with Crippen molar-refractivity contribution in [3.05, 3.63) is 0 Å². The summed E-state index contributed by atoms with van der Waals surface area (Å²) < 4.78 is 0. The number of nitrogens with two attached hydrogens (primary N) is 1. The van der Waals surface area contributed by atoms with Crippen LogP contribution >= 0.6 is 0 Å². The van der Waals surface area contributed by atoms with Crippen molar-refractivity contribution in [3.63, 3.8) is 0 Å². The van der Waals surface area contributed by atoms with E-state index in [4.69, 9.17) is 5.73 Å². The fraction of sp³-hybridized carbons (Fsp3) is 0.846. The van der Waals surface area contributed by atoms with E-state index in [1.807, 2.05) is 0 Å². The first-order chi connectivity index (χ1) is 6.22. The van der Waals surface area contributed by atoms with Gasteiger partial charge in [-0.2, -0.15) is 0 Å². The second kappa shape index (κ2) is 3.59. The Labute approximate surface area is 88.5 Å². The summed E-state index contributed by atoms with van der Waals surface area (Å²) in [6.45, 7) is 11.0. The van der Waals surface area contributed by atoms with Gasteiger partial charge >= 0.3 is 0 Å². The molecule has 1 heteroatoms. The summed E-state index contributed by atoms with van der Waals surface area (Å²) >= 11 is 0. The number of hydrogen-bond donors (Lipinski definition) is 1. The summed E-state index contributed by atoms with van der Waals surface area (Å²) in [4.78, 5) is 0. The molecule has 14 heavy (non-hydrogen) atoms. The lowest BCUT2D eigenvalue weighted by atomic mass is 9.96. The molecule has 0 aliphatic heterocycles. The normalized spacial score (nSPS) is 26.3. The van der Waals surface area contributed by atoms with E-state index < -0.39 is 0 Å². The second-order valence-electron chi connectivity index (χ2n) is 6.22. The van der Waals surface area contributed by atoms with Crippen LogP contribution in [-0.2, 0) is 0 Å². The highest BCUT2D eigenvalue weighted by Crippen LogP contribution is 2.53. The minimum atomic E-state index is 0.110. The van der Waals surface area contributed by atoms with Crippen molar-refractivity contribution in [1.82, 2.24) is 0 Å². The molecule has 0 heterocycles. The zero-order valence-corrected chi connectivity index (χ0v) is 10.1. The summed E-state index contributed by atoms with van der Waals surface area (Å²) in [5.74, 6) is 7.13. The largest absolute Gasteiger partial charge is 0.327 e. The van der Waals surface area contributed by atoms with Gasteiger partial charge in [0.2, 0.25) is 0 Å². The van der Waals surface area contributed by atoms with Gasteiger partial charge in [-0.05, 0) is 38.5 Å². The van der Waals surface area contributed by atoms with Crippen molar-refractivity contribution in [3.8, 4) is 11.8 Å². The van der Waals surface area contributed by atoms with Crippen LogP contribution in [0.15, 0.2) is 0 Å². The molecule has 1 aliphatic rings. The summed E-state index contributed by atoms with van der Waals surface area (Å²) in [5, 5.41) is 0. The molecule has 2 N–H and O–H groups in total. The standard InChI is InChI=1S/C13H23N/c1-12(2,3)8-6-7-11(14)10-9-13(10,4)5/h10-11H,7,9,14H2,1-5H3. The first-order valence-electron chi connectivity index (χ1n) is 5.48. The van der Waals surface area contributed by atoms with E-state index in [-0.39, 0.29) is 11.5 Å². The van der Waals surface area contributed by atoms with Crippen LogP contribution in [0.1, 0.15) is 47.5 Å². The Morgan fingerprint density at radius 1 is 1.43 bits per heavy atom. The number of hydrogen-bond acceptors (Lipinski definition) is 1. The first kappa shape index (κ1) is 11.6. The van der Waals surface area contributed by atoms with Crippen LogP contribution in [0.25, 0.3) is 0 Å². The van der Waals surface area contributed by atoms with Crippen molar-refractivity contribution in [2.45, 2.75) is 53.5 Å². The van der Waals surface area contributed by atoms with E-state index >= 15 is 0 Å². The minimum absolute atomic E-state index is 0.110. The van der Waals surface area contributed by atoms with Crippen LogP contribution < -0.4 is 5.73 Å². The zero-order chi connectivity index (χ0) is 11.0. The van der Waals surface area contributed by atoms with Gasteiger partial charge in [0, 0.05) is 17.9 Å². The van der Waals surface area contributed by atoms with Gasteiger partial charge in [0.25, 0.3) is 0 Å². The van der Waals surface area contributed by atoms with Crippen molar-refractivity contribution >= 4 is 0 Å². The molecule has 1 nitrogen and oxygen atoms in total. The summed E-state index contributed by atoms with van der Waals surface area (Å²) in [7, 11) is 0. The molecule has 0 aromatic carbocycles. The van der Waals surface area contributed by atoms with Gasteiger partial charge in [-0.15, -0.1) is 5.92 Å². The van der Waals surface area contributed by atoms with E-state index in [0.717, 1.165) is 6.42 Å². The third kappa shape index (κ3) is 3.35. The van der Waals surface area contributed by atoms with Gasteiger partial charge in [0.05, 0.1) is 0 Å². The van der Waals surface area contributed by atoms with Gasteiger partial charge in [-0.25, -0.2) is 0 Å². The molecule has 0 bridgehead atoms. The minimum Gasteiger partial charge on any atom is -0.327 e. The Morgan fingerprint density at radius 2 is 1.93 bits per heavy atom.